The second kappa shape index (κ2) is 3.28. The van der Waals surface area contributed by atoms with E-state index in [-0.39, 0.29) is 0 Å². The Morgan fingerprint density at radius 2 is 1.80 bits per heavy atom. The molecule has 1 heterocycles. The van der Waals surface area contributed by atoms with Gasteiger partial charge in [0.2, 0.25) is 0 Å². The molecule has 1 radical (unpaired) electrons. The van der Waals surface area contributed by atoms with Gasteiger partial charge >= 0.3 is 0 Å². The fraction of sp³-hybridized carbons (Fsp3) is 0. The maximum atomic E-state index is 5.72. The van der Waals surface area contributed by atoms with E-state index in [0.29, 0.717) is 0 Å². The molecule has 0 fully saturated rings. The van der Waals surface area contributed by atoms with Gasteiger partial charge in [0.25, 0.3) is 0 Å². The van der Waals surface area contributed by atoms with Crippen LogP contribution in [0.4, 0.5) is 0 Å². The fourth-order valence-corrected chi connectivity index (χ4v) is 1.66. The normalized spacial score (nSPS) is 10.7. The number of benzene rings is 2. The third-order valence-corrected chi connectivity index (χ3v) is 2.40. The van der Waals surface area contributed by atoms with Crippen LogP contribution in [0.15, 0.2) is 59.0 Å². The van der Waals surface area contributed by atoms with Gasteiger partial charge in [-0.1, -0.05) is 42.5 Å². The van der Waals surface area contributed by atoms with Crippen molar-refractivity contribution in [1.82, 2.24) is 0 Å². The molecule has 0 saturated carbocycles. The summed E-state index contributed by atoms with van der Waals surface area (Å²) in [6.07, 6.45) is 0. The monoisotopic (exact) mass is 193 g/mol. The Bertz CT molecular complexity index is 545. The summed E-state index contributed by atoms with van der Waals surface area (Å²) in [7, 11) is 0. The summed E-state index contributed by atoms with van der Waals surface area (Å²) in [5, 5.41) is 1.13. The number of furan rings is 1. The van der Waals surface area contributed by atoms with Crippen molar-refractivity contribution in [1.29, 1.82) is 0 Å². The highest BCUT2D eigenvalue weighted by atomic mass is 16.3. The van der Waals surface area contributed by atoms with Crippen LogP contribution in [0, 0.1) is 6.07 Å². The van der Waals surface area contributed by atoms with Crippen LogP contribution in [0.2, 0.25) is 0 Å². The van der Waals surface area contributed by atoms with E-state index < -0.39 is 0 Å². The van der Waals surface area contributed by atoms with Crippen molar-refractivity contribution >= 4 is 11.0 Å². The second-order valence-electron chi connectivity index (χ2n) is 3.42. The number of rotatable bonds is 1. The maximum Gasteiger partial charge on any atom is 0.136 e. The summed E-state index contributed by atoms with van der Waals surface area (Å²) in [5.41, 5.74) is 1.92. The van der Waals surface area contributed by atoms with Crippen LogP contribution in [0.3, 0.4) is 0 Å². The average Bonchev–Trinajstić information content (AvgIpc) is 2.74. The van der Waals surface area contributed by atoms with Crippen LogP contribution in [-0.4, -0.2) is 0 Å². The minimum absolute atomic E-state index is 0.872. The number of hydrogen-bond donors (Lipinski definition) is 0. The minimum atomic E-state index is 0.872. The summed E-state index contributed by atoms with van der Waals surface area (Å²) >= 11 is 0. The van der Waals surface area contributed by atoms with E-state index in [1.165, 1.54) is 0 Å². The van der Waals surface area contributed by atoms with Crippen molar-refractivity contribution in [3.63, 3.8) is 0 Å². The van der Waals surface area contributed by atoms with Crippen molar-refractivity contribution in [2.45, 2.75) is 0 Å². The molecule has 0 unspecified atom stereocenters. The molecule has 0 aliphatic carbocycles. The Labute approximate surface area is 88.0 Å². The van der Waals surface area contributed by atoms with E-state index >= 15 is 0 Å². The Morgan fingerprint density at radius 1 is 0.933 bits per heavy atom. The average molecular weight is 193 g/mol. The minimum Gasteiger partial charge on any atom is -0.456 e. The lowest BCUT2D eigenvalue weighted by molar-refractivity contribution is 0.631. The summed E-state index contributed by atoms with van der Waals surface area (Å²) in [6, 6.07) is 21.0. The summed E-state index contributed by atoms with van der Waals surface area (Å²) in [4.78, 5) is 0. The Kier molecular flexibility index (Phi) is 1.82. The van der Waals surface area contributed by atoms with Crippen molar-refractivity contribution < 1.29 is 4.42 Å². The highest BCUT2D eigenvalue weighted by molar-refractivity contribution is 5.82. The predicted octanol–water partition coefficient (Wildman–Crippen LogP) is 3.90. The molecule has 0 atom stereocenters. The lowest BCUT2D eigenvalue weighted by Gasteiger charge is -1.92. The zero-order chi connectivity index (χ0) is 10.1. The van der Waals surface area contributed by atoms with Crippen molar-refractivity contribution in [3.05, 3.63) is 60.7 Å². The van der Waals surface area contributed by atoms with Crippen LogP contribution in [0.25, 0.3) is 22.3 Å². The molecule has 1 nitrogen and oxygen atoms in total. The first-order valence-corrected chi connectivity index (χ1v) is 4.89. The van der Waals surface area contributed by atoms with Crippen molar-refractivity contribution in [2.24, 2.45) is 0 Å². The molecule has 1 aromatic heterocycles. The highest BCUT2D eigenvalue weighted by Gasteiger charge is 2.04. The van der Waals surface area contributed by atoms with Gasteiger partial charge in [-0.2, -0.15) is 0 Å². The second-order valence-corrected chi connectivity index (χ2v) is 3.42. The molecule has 3 aromatic rings. The van der Waals surface area contributed by atoms with E-state index in [0.717, 1.165) is 22.3 Å². The van der Waals surface area contributed by atoms with E-state index in [2.05, 4.69) is 6.07 Å². The van der Waals surface area contributed by atoms with Gasteiger partial charge in [0.15, 0.2) is 0 Å². The largest absolute Gasteiger partial charge is 0.456 e. The van der Waals surface area contributed by atoms with Gasteiger partial charge in [-0.25, -0.2) is 0 Å². The third kappa shape index (κ3) is 1.42. The van der Waals surface area contributed by atoms with Gasteiger partial charge in [-0.05, 0) is 18.2 Å². The van der Waals surface area contributed by atoms with E-state index in [4.69, 9.17) is 4.42 Å². The molecule has 2 aromatic carbocycles. The van der Waals surface area contributed by atoms with E-state index in [1.54, 1.807) is 0 Å². The lowest BCUT2D eigenvalue weighted by atomic mass is 10.1. The highest BCUT2D eigenvalue weighted by Crippen LogP contribution is 2.26. The molecule has 0 aliphatic rings. The molecule has 0 amide bonds. The van der Waals surface area contributed by atoms with Gasteiger partial charge in [0.05, 0.1) is 0 Å². The van der Waals surface area contributed by atoms with Crippen LogP contribution < -0.4 is 0 Å². The zero-order valence-corrected chi connectivity index (χ0v) is 8.10. The first-order chi connectivity index (χ1) is 7.43. The maximum absolute atomic E-state index is 5.72. The molecule has 0 saturated heterocycles. The molecule has 71 valence electrons. The van der Waals surface area contributed by atoms with Crippen LogP contribution in [0.5, 0.6) is 0 Å². The first kappa shape index (κ1) is 8.30. The standard InChI is InChI=1S/C14H9O/c1-2-6-11(7-3-1)14-10-12-8-4-5-9-13(12)15-14/h1-6,8-10H. The topological polar surface area (TPSA) is 13.1 Å². The predicted molar refractivity (Wildman–Crippen MR) is 60.5 cm³/mol. The molecule has 1 heteroatoms. The van der Waals surface area contributed by atoms with Gasteiger partial charge < -0.3 is 4.42 Å². The Morgan fingerprint density at radius 3 is 2.60 bits per heavy atom. The molecule has 0 N–H and O–H groups in total. The smallest absolute Gasteiger partial charge is 0.136 e. The number of para-hydroxylation sites is 1. The molecule has 0 spiro atoms. The summed E-state index contributed by atoms with van der Waals surface area (Å²) < 4.78 is 5.72. The lowest BCUT2D eigenvalue weighted by Crippen LogP contribution is -1.70. The van der Waals surface area contributed by atoms with E-state index in [1.807, 2.05) is 54.6 Å². The SMILES string of the molecule is [c]1ccccc1-c1cc2ccccc2o1. The van der Waals surface area contributed by atoms with Crippen LogP contribution in [-0.2, 0) is 0 Å². The molecule has 0 aliphatic heterocycles. The summed E-state index contributed by atoms with van der Waals surface area (Å²) in [6.45, 7) is 0. The van der Waals surface area contributed by atoms with Gasteiger partial charge in [0.1, 0.15) is 11.3 Å². The molecule has 15 heavy (non-hydrogen) atoms. The molecule has 3 rings (SSSR count). The Balaban J connectivity index is 2.21. The van der Waals surface area contributed by atoms with Crippen LogP contribution in [0.1, 0.15) is 0 Å². The number of hydrogen-bond acceptors (Lipinski definition) is 1. The molecular weight excluding hydrogens is 184 g/mol. The van der Waals surface area contributed by atoms with Crippen molar-refractivity contribution in [2.75, 3.05) is 0 Å². The molecular formula is C14H9O. The molecule has 0 bridgehead atoms. The first-order valence-electron chi connectivity index (χ1n) is 4.89. The van der Waals surface area contributed by atoms with Gasteiger partial charge in [-0.3, -0.25) is 0 Å². The Hall–Kier alpha value is -2.02. The fourth-order valence-electron chi connectivity index (χ4n) is 1.66. The zero-order valence-electron chi connectivity index (χ0n) is 8.10. The summed E-state index contributed by atoms with van der Waals surface area (Å²) in [5.74, 6) is 0.872. The van der Waals surface area contributed by atoms with Crippen LogP contribution >= 0.6 is 0 Å². The van der Waals surface area contributed by atoms with Crippen molar-refractivity contribution in [3.8, 4) is 11.3 Å². The van der Waals surface area contributed by atoms with E-state index in [9.17, 15) is 0 Å². The third-order valence-electron chi connectivity index (χ3n) is 2.40. The van der Waals surface area contributed by atoms with Gasteiger partial charge in [0, 0.05) is 10.9 Å². The van der Waals surface area contributed by atoms with Gasteiger partial charge in [-0.15, -0.1) is 0 Å². The quantitative estimate of drug-likeness (QED) is 0.571. The number of fused-ring (bicyclic) bond motifs is 1.